The summed E-state index contributed by atoms with van der Waals surface area (Å²) in [5, 5.41) is 0. The molecule has 0 aromatic carbocycles. The number of fused-ring (bicyclic) bond motifs is 6. The number of carbonyl (C=O) groups is 1. The van der Waals surface area contributed by atoms with Crippen LogP contribution in [0.2, 0.25) is 0 Å². The molecule has 1 aromatic heterocycles. The molecule has 1 amide bonds. The second kappa shape index (κ2) is 7.34. The fourth-order valence-corrected chi connectivity index (χ4v) is 6.44. The van der Waals surface area contributed by atoms with Crippen molar-refractivity contribution in [1.29, 1.82) is 0 Å². The number of piperidine rings is 1. The Morgan fingerprint density at radius 3 is 2.53 bits per heavy atom. The van der Waals surface area contributed by atoms with Crippen molar-refractivity contribution in [2.24, 2.45) is 11.8 Å². The highest BCUT2D eigenvalue weighted by atomic mass is 16.5. The minimum Gasteiger partial charge on any atom is -0.372 e. The lowest BCUT2D eigenvalue weighted by Crippen LogP contribution is -2.51. The summed E-state index contributed by atoms with van der Waals surface area (Å²) in [7, 11) is 0. The van der Waals surface area contributed by atoms with Crippen molar-refractivity contribution in [3.8, 4) is 0 Å². The topological polar surface area (TPSA) is 54.8 Å². The largest absolute Gasteiger partial charge is 0.372 e. The van der Waals surface area contributed by atoms with Crippen LogP contribution in [-0.4, -0.2) is 58.7 Å². The molecule has 4 aliphatic heterocycles. The molecule has 6 heteroatoms. The molecule has 0 spiro atoms. The van der Waals surface area contributed by atoms with Gasteiger partial charge in [-0.25, -0.2) is 0 Å². The number of pyridine rings is 1. The molecule has 160 valence electrons. The molecule has 4 bridgehead atoms. The first-order valence-corrected chi connectivity index (χ1v) is 11.7. The lowest BCUT2D eigenvalue weighted by molar-refractivity contribution is -0.138. The van der Waals surface area contributed by atoms with Gasteiger partial charge in [-0.05, 0) is 44.1 Å². The van der Waals surface area contributed by atoms with Gasteiger partial charge >= 0.3 is 0 Å². The predicted octanol–water partition coefficient (Wildman–Crippen LogP) is 2.12. The van der Waals surface area contributed by atoms with Gasteiger partial charge in [0.25, 0.3) is 5.56 Å². The molecule has 6 nitrogen and oxygen atoms in total. The summed E-state index contributed by atoms with van der Waals surface area (Å²) in [6.45, 7) is 4.92. The quantitative estimate of drug-likeness (QED) is 0.718. The maximum absolute atomic E-state index is 13.3. The molecule has 4 atom stereocenters. The smallest absolute Gasteiger partial charge is 0.255 e. The monoisotopic (exact) mass is 409 g/mol. The third-order valence-electron chi connectivity index (χ3n) is 7.86. The van der Waals surface area contributed by atoms with Crippen LogP contribution in [0.5, 0.6) is 0 Å². The highest BCUT2D eigenvalue weighted by Crippen LogP contribution is 2.36. The van der Waals surface area contributed by atoms with Crippen LogP contribution in [-0.2, 0) is 22.6 Å². The number of ether oxygens (including phenoxy) is 1. The van der Waals surface area contributed by atoms with Crippen molar-refractivity contribution in [1.82, 2.24) is 14.4 Å². The fraction of sp³-hybridized carbons (Fsp3) is 0.667. The number of aromatic nitrogens is 1. The molecule has 3 fully saturated rings. The van der Waals surface area contributed by atoms with Gasteiger partial charge in [0, 0.05) is 62.4 Å². The normalized spacial score (nSPS) is 33.1. The minimum absolute atomic E-state index is 0.136. The van der Waals surface area contributed by atoms with E-state index >= 15 is 0 Å². The minimum atomic E-state index is 0.136. The average Bonchev–Trinajstić information content (AvgIpc) is 3.40. The summed E-state index contributed by atoms with van der Waals surface area (Å²) in [6, 6.07) is 4.21. The van der Waals surface area contributed by atoms with Crippen molar-refractivity contribution >= 4 is 5.91 Å². The first-order valence-electron chi connectivity index (χ1n) is 11.7. The van der Waals surface area contributed by atoms with Gasteiger partial charge in [-0.2, -0.15) is 0 Å². The number of rotatable bonds is 3. The Labute approximate surface area is 177 Å². The number of amides is 1. The highest BCUT2D eigenvalue weighted by molar-refractivity contribution is 5.80. The van der Waals surface area contributed by atoms with Crippen LogP contribution in [0.3, 0.4) is 0 Å². The Balaban J connectivity index is 1.20. The fourth-order valence-electron chi connectivity index (χ4n) is 6.44. The summed E-state index contributed by atoms with van der Waals surface area (Å²) < 4.78 is 7.97. The molecule has 0 saturated carbocycles. The molecule has 0 unspecified atom stereocenters. The Morgan fingerprint density at radius 1 is 1.00 bits per heavy atom. The number of nitrogens with zero attached hydrogens (tertiary/aromatic N) is 3. The van der Waals surface area contributed by atoms with Gasteiger partial charge in [-0.15, -0.1) is 0 Å². The summed E-state index contributed by atoms with van der Waals surface area (Å²) in [5.74, 6) is 1.12. The van der Waals surface area contributed by atoms with E-state index in [2.05, 4.69) is 28.0 Å². The van der Waals surface area contributed by atoms with Gasteiger partial charge in [0.05, 0.1) is 12.2 Å². The summed E-state index contributed by atoms with van der Waals surface area (Å²) in [5.41, 5.74) is 2.22. The van der Waals surface area contributed by atoms with E-state index in [4.69, 9.17) is 4.74 Å². The van der Waals surface area contributed by atoms with E-state index in [9.17, 15) is 9.59 Å². The lowest BCUT2D eigenvalue weighted by Gasteiger charge is -2.43. The molecule has 5 heterocycles. The molecule has 0 N–H and O–H groups in total. The maximum atomic E-state index is 13.3. The third-order valence-corrected chi connectivity index (χ3v) is 7.86. The zero-order valence-electron chi connectivity index (χ0n) is 17.5. The van der Waals surface area contributed by atoms with Crippen LogP contribution in [0.25, 0.3) is 0 Å². The lowest BCUT2D eigenvalue weighted by atomic mass is 9.82. The number of allylic oxidation sites excluding steroid dienone is 2. The molecule has 1 aromatic rings. The first kappa shape index (κ1) is 18.8. The zero-order valence-corrected chi connectivity index (χ0v) is 17.5. The number of hydrogen-bond donors (Lipinski definition) is 0. The summed E-state index contributed by atoms with van der Waals surface area (Å²) in [6.07, 6.45) is 10.1. The standard InChI is InChI=1S/C24H31N3O3/c28-23(17-3-1-2-4-17)26-10-16-9-19(13-26)22-8-5-18(24(29)27(22)11-16)12-25-14-20-6-7-21(15-25)30-20/h1-2,5,8,16-17,19-21H,3-4,6-7,9-15H2/t16-,19+,20-,21+/m0/s1. The first-order chi connectivity index (χ1) is 14.6. The summed E-state index contributed by atoms with van der Waals surface area (Å²) >= 11 is 0. The number of morpholine rings is 1. The van der Waals surface area contributed by atoms with Gasteiger partial charge in [-0.3, -0.25) is 14.5 Å². The Morgan fingerprint density at radius 2 is 1.77 bits per heavy atom. The molecule has 30 heavy (non-hydrogen) atoms. The maximum Gasteiger partial charge on any atom is 0.255 e. The number of hydrogen-bond acceptors (Lipinski definition) is 4. The van der Waals surface area contributed by atoms with Crippen molar-refractivity contribution < 1.29 is 9.53 Å². The summed E-state index contributed by atoms with van der Waals surface area (Å²) in [4.78, 5) is 30.8. The van der Waals surface area contributed by atoms with E-state index in [1.54, 1.807) is 0 Å². The molecular weight excluding hydrogens is 378 g/mol. The number of carbonyl (C=O) groups excluding carboxylic acids is 1. The van der Waals surface area contributed by atoms with Crippen molar-refractivity contribution in [3.05, 3.63) is 45.9 Å². The Hall–Kier alpha value is -1.92. The van der Waals surface area contributed by atoms with Crippen molar-refractivity contribution in [2.75, 3.05) is 26.2 Å². The van der Waals surface area contributed by atoms with Gasteiger partial charge in [0.15, 0.2) is 0 Å². The third kappa shape index (κ3) is 3.25. The van der Waals surface area contributed by atoms with E-state index in [0.717, 1.165) is 82.6 Å². The van der Waals surface area contributed by atoms with Crippen LogP contribution in [0.15, 0.2) is 29.1 Å². The van der Waals surface area contributed by atoms with Crippen molar-refractivity contribution in [3.63, 3.8) is 0 Å². The van der Waals surface area contributed by atoms with E-state index in [0.29, 0.717) is 24.0 Å². The van der Waals surface area contributed by atoms with Gasteiger partial charge in [0.2, 0.25) is 5.91 Å². The van der Waals surface area contributed by atoms with Gasteiger partial charge in [-0.1, -0.05) is 18.2 Å². The molecular formula is C24H31N3O3. The second-order valence-corrected chi connectivity index (χ2v) is 10.0. The van der Waals surface area contributed by atoms with E-state index in [1.165, 1.54) is 0 Å². The molecule has 1 aliphatic carbocycles. The molecule has 0 radical (unpaired) electrons. The van der Waals surface area contributed by atoms with Crippen LogP contribution < -0.4 is 5.56 Å². The van der Waals surface area contributed by atoms with Gasteiger partial charge in [0.1, 0.15) is 0 Å². The van der Waals surface area contributed by atoms with Crippen molar-refractivity contribution in [2.45, 2.75) is 63.3 Å². The number of likely N-dealkylation sites (tertiary alicyclic amines) is 2. The van der Waals surface area contributed by atoms with E-state index in [1.807, 2.05) is 10.6 Å². The van der Waals surface area contributed by atoms with Crippen LogP contribution in [0.4, 0.5) is 0 Å². The van der Waals surface area contributed by atoms with Crippen LogP contribution in [0, 0.1) is 11.8 Å². The average molecular weight is 410 g/mol. The predicted molar refractivity (Wildman–Crippen MR) is 113 cm³/mol. The van der Waals surface area contributed by atoms with E-state index in [-0.39, 0.29) is 17.4 Å². The van der Waals surface area contributed by atoms with E-state index < -0.39 is 0 Å². The van der Waals surface area contributed by atoms with Gasteiger partial charge < -0.3 is 14.2 Å². The SMILES string of the molecule is O=C(C1CC=CC1)N1C[C@@H]2C[C@H](C1)c1ccc(CN3C[C@H]4CC[C@@H](C3)O4)c(=O)n1C2. The Bertz CT molecular complexity index is 918. The molecule has 6 rings (SSSR count). The molecule has 3 saturated heterocycles. The zero-order chi connectivity index (χ0) is 20.2. The second-order valence-electron chi connectivity index (χ2n) is 10.0. The Kier molecular flexibility index (Phi) is 4.61. The van der Waals surface area contributed by atoms with Crippen LogP contribution >= 0.6 is 0 Å². The molecule has 5 aliphatic rings. The highest BCUT2D eigenvalue weighted by Gasteiger charge is 2.39. The van der Waals surface area contributed by atoms with Crippen LogP contribution in [0.1, 0.15) is 49.3 Å².